The zero-order chi connectivity index (χ0) is 18.2. The molecule has 1 aliphatic rings. The second kappa shape index (κ2) is 9.41. The van der Waals surface area contributed by atoms with E-state index in [1.807, 2.05) is 18.2 Å². The minimum atomic E-state index is -1.67. The van der Waals surface area contributed by atoms with Crippen LogP contribution in [-0.4, -0.2) is 13.9 Å². The van der Waals surface area contributed by atoms with Crippen molar-refractivity contribution in [2.24, 2.45) is 0 Å². The Bertz CT molecular complexity index is 610. The van der Waals surface area contributed by atoms with Crippen LogP contribution in [0.3, 0.4) is 0 Å². The summed E-state index contributed by atoms with van der Waals surface area (Å²) in [5.74, 6) is 6.78. The van der Waals surface area contributed by atoms with E-state index < -0.39 is 8.32 Å². The van der Waals surface area contributed by atoms with Crippen LogP contribution in [0.25, 0.3) is 0 Å². The quantitative estimate of drug-likeness (QED) is 0.300. The second-order valence-electron chi connectivity index (χ2n) is 7.40. The lowest BCUT2D eigenvalue weighted by molar-refractivity contribution is 0.113. The predicted octanol–water partition coefficient (Wildman–Crippen LogP) is 6.71. The van der Waals surface area contributed by atoms with Gasteiger partial charge in [-0.2, -0.15) is 0 Å². The number of allylic oxidation sites excluding steroid dienone is 1. The summed E-state index contributed by atoms with van der Waals surface area (Å²) < 4.78 is 7.02. The van der Waals surface area contributed by atoms with Gasteiger partial charge in [0.2, 0.25) is 0 Å². The molecule has 2 rings (SSSR count). The maximum atomic E-state index is 7.02. The van der Waals surface area contributed by atoms with Crippen LogP contribution in [-0.2, 0) is 4.43 Å². The third kappa shape index (κ3) is 5.33. The van der Waals surface area contributed by atoms with Gasteiger partial charge in [0.1, 0.15) is 0 Å². The molecule has 0 aliphatic heterocycles. The van der Waals surface area contributed by atoms with Gasteiger partial charge in [-0.1, -0.05) is 56.9 Å². The lowest BCUT2D eigenvalue weighted by Crippen LogP contribution is -2.47. The van der Waals surface area contributed by atoms with Gasteiger partial charge in [-0.25, -0.2) is 0 Å². The van der Waals surface area contributed by atoms with E-state index in [9.17, 15) is 0 Å². The summed E-state index contributed by atoms with van der Waals surface area (Å²) >= 11 is 0. The van der Waals surface area contributed by atoms with Crippen LogP contribution in [0.15, 0.2) is 42.0 Å². The van der Waals surface area contributed by atoms with Gasteiger partial charge >= 0.3 is 0 Å². The van der Waals surface area contributed by atoms with Crippen LogP contribution in [0.4, 0.5) is 0 Å². The van der Waals surface area contributed by atoms with E-state index in [1.54, 1.807) is 0 Å². The van der Waals surface area contributed by atoms with E-state index in [0.717, 1.165) is 12.0 Å². The van der Waals surface area contributed by atoms with E-state index in [-0.39, 0.29) is 5.60 Å². The first-order valence-corrected chi connectivity index (χ1v) is 12.5. The Morgan fingerprint density at radius 2 is 1.72 bits per heavy atom. The fraction of sp³-hybridized carbons (Fsp3) is 0.565. The molecule has 0 saturated carbocycles. The monoisotopic (exact) mass is 354 g/mol. The molecule has 0 amide bonds. The fourth-order valence-corrected chi connectivity index (χ4v) is 6.91. The zero-order valence-corrected chi connectivity index (χ0v) is 17.5. The van der Waals surface area contributed by atoms with Crippen molar-refractivity contribution in [1.29, 1.82) is 0 Å². The maximum absolute atomic E-state index is 7.02. The molecule has 0 heterocycles. The standard InChI is InChI=1S/C23H34OSi/c1-5-25(6-2,7-3)24-23(4,22-18-12-9-13-19-22)20-14-17-21-15-10-8-11-16-21/h8,10-11,15-16,18H,5-7,9,12-13,19-20H2,1-4H3. The van der Waals surface area contributed by atoms with Crippen molar-refractivity contribution in [1.82, 2.24) is 0 Å². The van der Waals surface area contributed by atoms with Gasteiger partial charge in [-0.15, -0.1) is 0 Å². The Kier molecular flexibility index (Phi) is 7.53. The number of benzene rings is 1. The van der Waals surface area contributed by atoms with Crippen LogP contribution in [0.2, 0.25) is 18.1 Å². The molecule has 1 aromatic carbocycles. The minimum absolute atomic E-state index is 0.212. The highest BCUT2D eigenvalue weighted by Crippen LogP contribution is 2.38. The van der Waals surface area contributed by atoms with Gasteiger partial charge < -0.3 is 4.43 Å². The smallest absolute Gasteiger partial charge is 0.193 e. The Labute approximate surface area is 156 Å². The highest BCUT2D eigenvalue weighted by atomic mass is 28.4. The third-order valence-electron chi connectivity index (χ3n) is 5.78. The predicted molar refractivity (Wildman–Crippen MR) is 111 cm³/mol. The summed E-state index contributed by atoms with van der Waals surface area (Å²) in [5, 5.41) is 0. The lowest BCUT2D eigenvalue weighted by atomic mass is 9.85. The molecule has 0 saturated heterocycles. The topological polar surface area (TPSA) is 9.23 Å². The van der Waals surface area contributed by atoms with Crippen LogP contribution in [0.5, 0.6) is 0 Å². The summed E-state index contributed by atoms with van der Waals surface area (Å²) in [6.45, 7) is 9.23. The molecule has 1 nitrogen and oxygen atoms in total. The van der Waals surface area contributed by atoms with Gasteiger partial charge in [-0.05, 0) is 68.4 Å². The molecule has 1 atom stereocenters. The van der Waals surface area contributed by atoms with Crippen molar-refractivity contribution in [2.75, 3.05) is 0 Å². The summed E-state index contributed by atoms with van der Waals surface area (Å²) in [5.41, 5.74) is 2.37. The van der Waals surface area contributed by atoms with Crippen LogP contribution >= 0.6 is 0 Å². The number of hydrogen-bond acceptors (Lipinski definition) is 1. The van der Waals surface area contributed by atoms with Crippen LogP contribution in [0, 0.1) is 11.8 Å². The molecule has 1 aliphatic carbocycles. The Morgan fingerprint density at radius 3 is 2.28 bits per heavy atom. The normalized spacial score (nSPS) is 17.2. The molecule has 2 heteroatoms. The van der Waals surface area contributed by atoms with Crippen molar-refractivity contribution in [3.05, 3.63) is 47.5 Å². The molecule has 0 bridgehead atoms. The van der Waals surface area contributed by atoms with E-state index in [0.29, 0.717) is 0 Å². The molecule has 0 spiro atoms. The van der Waals surface area contributed by atoms with E-state index in [2.05, 4.69) is 57.7 Å². The molecular formula is C23H34OSi. The molecule has 1 aromatic rings. The Morgan fingerprint density at radius 1 is 1.04 bits per heavy atom. The molecular weight excluding hydrogens is 320 g/mol. The Balaban J connectivity index is 2.26. The number of rotatable bonds is 7. The molecule has 0 N–H and O–H groups in total. The van der Waals surface area contributed by atoms with Gasteiger partial charge in [-0.3, -0.25) is 0 Å². The van der Waals surface area contributed by atoms with Crippen molar-refractivity contribution in [3.63, 3.8) is 0 Å². The van der Waals surface area contributed by atoms with E-state index >= 15 is 0 Å². The first-order valence-electron chi connectivity index (χ1n) is 10.0. The van der Waals surface area contributed by atoms with Crippen LogP contribution in [0.1, 0.15) is 65.4 Å². The average Bonchev–Trinajstić information content (AvgIpc) is 2.68. The summed E-state index contributed by atoms with van der Waals surface area (Å²) in [6.07, 6.45) is 8.20. The van der Waals surface area contributed by atoms with Crippen molar-refractivity contribution in [3.8, 4) is 11.8 Å². The first-order chi connectivity index (χ1) is 12.1. The number of hydrogen-bond donors (Lipinski definition) is 0. The molecule has 0 aromatic heterocycles. The van der Waals surface area contributed by atoms with Crippen molar-refractivity contribution >= 4 is 8.32 Å². The SMILES string of the molecule is CC[Si](CC)(CC)OC(C)(CC#Cc1ccccc1)C1=CCCCC1. The first kappa shape index (κ1) is 20.0. The molecule has 1 unspecified atom stereocenters. The third-order valence-corrected chi connectivity index (χ3v) is 10.5. The van der Waals surface area contributed by atoms with Crippen molar-refractivity contribution < 1.29 is 4.43 Å². The molecule has 136 valence electrons. The second-order valence-corrected chi connectivity index (χ2v) is 12.1. The molecule has 0 radical (unpaired) electrons. The van der Waals surface area contributed by atoms with Crippen molar-refractivity contribution in [2.45, 2.75) is 83.5 Å². The zero-order valence-electron chi connectivity index (χ0n) is 16.5. The largest absolute Gasteiger partial charge is 0.407 e. The average molecular weight is 355 g/mol. The van der Waals surface area contributed by atoms with Gasteiger partial charge in [0.25, 0.3) is 0 Å². The Hall–Kier alpha value is -1.30. The highest BCUT2D eigenvalue weighted by molar-refractivity contribution is 6.73. The maximum Gasteiger partial charge on any atom is 0.193 e. The summed E-state index contributed by atoms with van der Waals surface area (Å²) in [7, 11) is -1.67. The van der Waals surface area contributed by atoms with Gasteiger partial charge in [0.15, 0.2) is 8.32 Å². The summed E-state index contributed by atoms with van der Waals surface area (Å²) in [4.78, 5) is 0. The van der Waals surface area contributed by atoms with Gasteiger partial charge in [0, 0.05) is 12.0 Å². The highest BCUT2D eigenvalue weighted by Gasteiger charge is 2.39. The van der Waals surface area contributed by atoms with Crippen LogP contribution < -0.4 is 0 Å². The lowest BCUT2D eigenvalue weighted by Gasteiger charge is -2.42. The molecule has 0 fully saturated rings. The summed E-state index contributed by atoms with van der Waals surface area (Å²) in [6, 6.07) is 13.9. The minimum Gasteiger partial charge on any atom is -0.407 e. The molecule has 25 heavy (non-hydrogen) atoms. The fourth-order valence-electron chi connectivity index (χ4n) is 3.81. The van der Waals surface area contributed by atoms with E-state index in [4.69, 9.17) is 4.43 Å². The van der Waals surface area contributed by atoms with Gasteiger partial charge in [0.05, 0.1) is 5.60 Å². The van der Waals surface area contributed by atoms with E-state index in [1.165, 1.54) is 49.4 Å².